The third-order valence-electron chi connectivity index (χ3n) is 4.97. The molecule has 1 aromatic carbocycles. The molecule has 1 aromatic rings. The zero-order chi connectivity index (χ0) is 17.1. The van der Waals surface area contributed by atoms with Crippen LogP contribution in [0.4, 0.5) is 8.78 Å². The zero-order valence-electron chi connectivity index (χ0n) is 13.6. The second kappa shape index (κ2) is 7.28. The summed E-state index contributed by atoms with van der Waals surface area (Å²) in [6.45, 7) is 2.10. The predicted molar refractivity (Wildman–Crippen MR) is 85.4 cm³/mol. The van der Waals surface area contributed by atoms with E-state index in [2.05, 4.69) is 0 Å². The summed E-state index contributed by atoms with van der Waals surface area (Å²) in [5.41, 5.74) is 0.143. The number of halogens is 2. The Morgan fingerprint density at radius 2 is 1.54 bits per heavy atom. The predicted octanol–water partition coefficient (Wildman–Crippen LogP) is 2.83. The number of hydrogen-bond donors (Lipinski definition) is 0. The molecule has 0 N–H and O–H groups in total. The van der Waals surface area contributed by atoms with Crippen LogP contribution in [0.5, 0.6) is 0 Å². The van der Waals surface area contributed by atoms with Crippen molar-refractivity contribution in [3.63, 3.8) is 0 Å². The fourth-order valence-electron chi connectivity index (χ4n) is 3.58. The van der Waals surface area contributed by atoms with E-state index in [1.807, 2.05) is 4.90 Å². The summed E-state index contributed by atoms with van der Waals surface area (Å²) in [6.07, 6.45) is 4.86. The van der Waals surface area contributed by atoms with Crippen LogP contribution in [-0.4, -0.2) is 47.8 Å². The Bertz CT molecular complexity index is 629. The van der Waals surface area contributed by atoms with Crippen molar-refractivity contribution in [3.8, 4) is 0 Å². The van der Waals surface area contributed by atoms with E-state index >= 15 is 0 Å². The van der Waals surface area contributed by atoms with Crippen molar-refractivity contribution in [2.24, 2.45) is 5.92 Å². The number of benzene rings is 1. The third kappa shape index (κ3) is 3.57. The summed E-state index contributed by atoms with van der Waals surface area (Å²) in [5.74, 6) is -1.96. The Labute approximate surface area is 140 Å². The molecule has 24 heavy (non-hydrogen) atoms. The first-order valence-corrected chi connectivity index (χ1v) is 8.59. The van der Waals surface area contributed by atoms with Crippen LogP contribution in [-0.2, 0) is 4.79 Å². The van der Waals surface area contributed by atoms with Crippen LogP contribution in [0.15, 0.2) is 18.2 Å². The molecule has 2 fully saturated rings. The first kappa shape index (κ1) is 16.9. The third-order valence-corrected chi connectivity index (χ3v) is 4.97. The normalized spacial score (nSPS) is 19.4. The number of amides is 2. The van der Waals surface area contributed by atoms with Gasteiger partial charge in [-0.1, -0.05) is 12.8 Å². The van der Waals surface area contributed by atoms with E-state index in [0.717, 1.165) is 37.8 Å². The highest BCUT2D eigenvalue weighted by Crippen LogP contribution is 2.27. The summed E-state index contributed by atoms with van der Waals surface area (Å²) in [5, 5.41) is 0. The summed E-state index contributed by atoms with van der Waals surface area (Å²) in [4.78, 5) is 28.5. The second-order valence-electron chi connectivity index (χ2n) is 6.58. The van der Waals surface area contributed by atoms with Crippen LogP contribution in [0.2, 0.25) is 0 Å². The Kier molecular flexibility index (Phi) is 5.11. The Morgan fingerprint density at radius 3 is 2.25 bits per heavy atom. The minimum absolute atomic E-state index is 0.137. The Hall–Kier alpha value is -1.98. The van der Waals surface area contributed by atoms with Crippen LogP contribution >= 0.6 is 0 Å². The van der Waals surface area contributed by atoms with Crippen LogP contribution in [0.3, 0.4) is 0 Å². The van der Waals surface area contributed by atoms with Crippen molar-refractivity contribution >= 4 is 11.8 Å². The van der Waals surface area contributed by atoms with Crippen LogP contribution in [0.1, 0.15) is 42.5 Å². The van der Waals surface area contributed by atoms with Crippen molar-refractivity contribution in [3.05, 3.63) is 35.4 Å². The molecule has 2 aliphatic rings. The highest BCUT2D eigenvalue weighted by atomic mass is 19.2. The van der Waals surface area contributed by atoms with Crippen LogP contribution in [0.25, 0.3) is 0 Å². The number of carbonyl (C=O) groups is 2. The van der Waals surface area contributed by atoms with Gasteiger partial charge in [-0.15, -0.1) is 0 Å². The fourth-order valence-corrected chi connectivity index (χ4v) is 3.58. The van der Waals surface area contributed by atoms with Gasteiger partial charge < -0.3 is 9.80 Å². The van der Waals surface area contributed by atoms with Crippen molar-refractivity contribution in [1.29, 1.82) is 0 Å². The molecule has 2 amide bonds. The molecule has 1 aliphatic heterocycles. The van der Waals surface area contributed by atoms with Gasteiger partial charge in [0.2, 0.25) is 5.91 Å². The standard InChI is InChI=1S/C18H22F2N2O2/c19-15-7-6-14(12-16(15)20)18(24)22-9-3-8-21(10-11-22)17(23)13-4-1-2-5-13/h6-7,12-13H,1-5,8-11H2. The molecule has 1 heterocycles. The molecular weight excluding hydrogens is 314 g/mol. The second-order valence-corrected chi connectivity index (χ2v) is 6.58. The van der Waals surface area contributed by atoms with Gasteiger partial charge in [0.05, 0.1) is 0 Å². The maximum absolute atomic E-state index is 13.3. The quantitative estimate of drug-likeness (QED) is 0.833. The molecule has 4 nitrogen and oxygen atoms in total. The minimum atomic E-state index is -1.02. The smallest absolute Gasteiger partial charge is 0.254 e. The van der Waals surface area contributed by atoms with E-state index in [9.17, 15) is 18.4 Å². The summed E-state index contributed by atoms with van der Waals surface area (Å²) in [6, 6.07) is 3.20. The van der Waals surface area contributed by atoms with E-state index < -0.39 is 11.6 Å². The van der Waals surface area contributed by atoms with E-state index in [4.69, 9.17) is 0 Å². The molecule has 1 saturated heterocycles. The summed E-state index contributed by atoms with van der Waals surface area (Å²) in [7, 11) is 0. The average Bonchev–Trinajstić information content (AvgIpc) is 3.00. The number of carbonyl (C=O) groups excluding carboxylic acids is 2. The van der Waals surface area contributed by atoms with Gasteiger partial charge in [-0.3, -0.25) is 9.59 Å². The van der Waals surface area contributed by atoms with E-state index in [0.29, 0.717) is 32.6 Å². The monoisotopic (exact) mass is 336 g/mol. The molecule has 0 bridgehead atoms. The number of rotatable bonds is 2. The average molecular weight is 336 g/mol. The lowest BCUT2D eigenvalue weighted by molar-refractivity contribution is -0.135. The number of hydrogen-bond acceptors (Lipinski definition) is 2. The maximum Gasteiger partial charge on any atom is 0.254 e. The SMILES string of the molecule is O=C(c1ccc(F)c(F)c1)N1CCCN(C(=O)C2CCCC2)CC1. The number of nitrogens with zero attached hydrogens (tertiary/aromatic N) is 2. The highest BCUT2D eigenvalue weighted by molar-refractivity contribution is 5.94. The van der Waals surface area contributed by atoms with Gasteiger partial charge in [0.25, 0.3) is 5.91 Å². The van der Waals surface area contributed by atoms with Gasteiger partial charge in [-0.25, -0.2) is 8.78 Å². The lowest BCUT2D eigenvalue weighted by atomic mass is 10.1. The molecular formula is C18H22F2N2O2. The zero-order valence-corrected chi connectivity index (χ0v) is 13.6. The largest absolute Gasteiger partial charge is 0.341 e. The molecule has 0 aromatic heterocycles. The first-order chi connectivity index (χ1) is 11.6. The molecule has 130 valence electrons. The first-order valence-electron chi connectivity index (χ1n) is 8.59. The topological polar surface area (TPSA) is 40.6 Å². The van der Waals surface area contributed by atoms with Gasteiger partial charge in [-0.05, 0) is 37.5 Å². The van der Waals surface area contributed by atoms with E-state index in [1.54, 1.807) is 4.90 Å². The van der Waals surface area contributed by atoms with Crippen molar-refractivity contribution < 1.29 is 18.4 Å². The summed E-state index contributed by atoms with van der Waals surface area (Å²) < 4.78 is 26.3. The Balaban J connectivity index is 1.63. The lowest BCUT2D eigenvalue weighted by Gasteiger charge is -2.24. The molecule has 1 saturated carbocycles. The highest BCUT2D eigenvalue weighted by Gasteiger charge is 2.29. The van der Waals surface area contributed by atoms with Gasteiger partial charge >= 0.3 is 0 Å². The molecule has 3 rings (SSSR count). The molecule has 0 spiro atoms. The fraction of sp³-hybridized carbons (Fsp3) is 0.556. The van der Waals surface area contributed by atoms with Crippen LogP contribution < -0.4 is 0 Å². The van der Waals surface area contributed by atoms with Crippen molar-refractivity contribution in [2.45, 2.75) is 32.1 Å². The van der Waals surface area contributed by atoms with Gasteiger partial charge in [0.1, 0.15) is 0 Å². The maximum atomic E-state index is 13.3. The minimum Gasteiger partial charge on any atom is -0.341 e. The molecule has 0 atom stereocenters. The van der Waals surface area contributed by atoms with Gasteiger partial charge in [0, 0.05) is 37.7 Å². The van der Waals surface area contributed by atoms with Crippen LogP contribution in [0, 0.1) is 17.6 Å². The Morgan fingerprint density at radius 1 is 0.875 bits per heavy atom. The molecule has 0 unspecified atom stereocenters. The van der Waals surface area contributed by atoms with Gasteiger partial charge in [-0.2, -0.15) is 0 Å². The summed E-state index contributed by atoms with van der Waals surface area (Å²) >= 11 is 0. The lowest BCUT2D eigenvalue weighted by Crippen LogP contribution is -2.39. The molecule has 6 heteroatoms. The van der Waals surface area contributed by atoms with Gasteiger partial charge in [0.15, 0.2) is 11.6 Å². The van der Waals surface area contributed by atoms with Crippen molar-refractivity contribution in [1.82, 2.24) is 9.80 Å². The van der Waals surface area contributed by atoms with E-state index in [1.165, 1.54) is 6.07 Å². The van der Waals surface area contributed by atoms with Crippen molar-refractivity contribution in [2.75, 3.05) is 26.2 Å². The van der Waals surface area contributed by atoms with E-state index in [-0.39, 0.29) is 23.3 Å². The molecule has 1 aliphatic carbocycles. The molecule has 0 radical (unpaired) electrons.